The fourth-order valence-corrected chi connectivity index (χ4v) is 3.10. The van der Waals surface area contributed by atoms with Crippen LogP contribution in [0.5, 0.6) is 0 Å². The van der Waals surface area contributed by atoms with Crippen LogP contribution in [0.1, 0.15) is 5.56 Å². The van der Waals surface area contributed by atoms with Gasteiger partial charge in [0.25, 0.3) is 0 Å². The molecule has 4 heterocycles. The highest BCUT2D eigenvalue weighted by Gasteiger charge is 2.10. The van der Waals surface area contributed by atoms with Crippen molar-refractivity contribution in [2.24, 2.45) is 0 Å². The molecule has 5 nitrogen and oxygen atoms in total. The second kappa shape index (κ2) is 4.28. The van der Waals surface area contributed by atoms with E-state index in [1.165, 1.54) is 10.4 Å². The molecule has 4 aromatic rings. The third kappa shape index (κ3) is 1.73. The molecule has 0 atom stereocenters. The van der Waals surface area contributed by atoms with Gasteiger partial charge in [-0.15, -0.1) is 11.3 Å². The van der Waals surface area contributed by atoms with Crippen LogP contribution in [0.15, 0.2) is 49.3 Å². The van der Waals surface area contributed by atoms with Gasteiger partial charge in [-0.1, -0.05) is 0 Å². The predicted molar refractivity (Wildman–Crippen MR) is 78.2 cm³/mol. The van der Waals surface area contributed by atoms with Gasteiger partial charge >= 0.3 is 0 Å². The van der Waals surface area contributed by atoms with Crippen LogP contribution in [-0.2, 0) is 0 Å². The first-order chi connectivity index (χ1) is 9.81. The largest absolute Gasteiger partial charge is 0.262 e. The van der Waals surface area contributed by atoms with Crippen molar-refractivity contribution in [3.63, 3.8) is 0 Å². The maximum atomic E-state index is 4.39. The van der Waals surface area contributed by atoms with E-state index in [2.05, 4.69) is 22.1 Å². The predicted octanol–water partition coefficient (Wildman–Crippen LogP) is 2.95. The van der Waals surface area contributed by atoms with Gasteiger partial charge in [0.15, 0.2) is 0 Å². The van der Waals surface area contributed by atoms with E-state index in [9.17, 15) is 0 Å². The lowest BCUT2D eigenvalue weighted by molar-refractivity contribution is 0.874. The molecular weight excluding hydrogens is 270 g/mol. The molecule has 0 unspecified atom stereocenters. The van der Waals surface area contributed by atoms with Crippen molar-refractivity contribution in [1.82, 2.24) is 24.4 Å². The summed E-state index contributed by atoms with van der Waals surface area (Å²) in [6.45, 7) is 2.07. The van der Waals surface area contributed by atoms with Crippen LogP contribution in [0.3, 0.4) is 0 Å². The number of thiazole rings is 1. The number of nitrogens with zero attached hydrogens (tertiary/aromatic N) is 5. The first kappa shape index (κ1) is 11.4. The zero-order valence-corrected chi connectivity index (χ0v) is 11.6. The van der Waals surface area contributed by atoms with E-state index >= 15 is 0 Å². The fourth-order valence-electron chi connectivity index (χ4n) is 2.11. The number of aryl methyl sites for hydroxylation is 1. The number of fused-ring (bicyclic) bond motifs is 1. The Hall–Kier alpha value is -2.47. The van der Waals surface area contributed by atoms with Gasteiger partial charge in [0.2, 0.25) is 0 Å². The Labute approximate surface area is 119 Å². The molecule has 0 N–H and O–H groups in total. The van der Waals surface area contributed by atoms with Crippen LogP contribution in [0.2, 0.25) is 0 Å². The van der Waals surface area contributed by atoms with Crippen molar-refractivity contribution < 1.29 is 0 Å². The van der Waals surface area contributed by atoms with E-state index in [1.54, 1.807) is 23.7 Å². The Balaban J connectivity index is 1.77. The van der Waals surface area contributed by atoms with E-state index in [4.69, 9.17) is 0 Å². The molecule has 4 rings (SSSR count). The molecule has 0 fully saturated rings. The Morgan fingerprint density at radius 2 is 2.05 bits per heavy atom. The summed E-state index contributed by atoms with van der Waals surface area (Å²) < 4.78 is 3.74. The molecule has 0 aliphatic heterocycles. The van der Waals surface area contributed by atoms with Crippen LogP contribution in [0.4, 0.5) is 0 Å². The maximum absolute atomic E-state index is 4.39. The molecule has 0 saturated carbocycles. The highest BCUT2D eigenvalue weighted by atomic mass is 32.1. The Morgan fingerprint density at radius 3 is 2.85 bits per heavy atom. The summed E-state index contributed by atoms with van der Waals surface area (Å²) in [5.41, 5.74) is 3.24. The second-order valence-electron chi connectivity index (χ2n) is 4.56. The van der Waals surface area contributed by atoms with Crippen molar-refractivity contribution in [1.29, 1.82) is 0 Å². The molecule has 0 radical (unpaired) electrons. The van der Waals surface area contributed by atoms with Gasteiger partial charge < -0.3 is 0 Å². The quantitative estimate of drug-likeness (QED) is 0.567. The van der Waals surface area contributed by atoms with E-state index in [0.717, 1.165) is 16.1 Å². The highest BCUT2D eigenvalue weighted by Crippen LogP contribution is 2.30. The van der Waals surface area contributed by atoms with E-state index in [0.29, 0.717) is 0 Å². The summed E-state index contributed by atoms with van der Waals surface area (Å²) >= 11 is 1.72. The van der Waals surface area contributed by atoms with Gasteiger partial charge in [0, 0.05) is 29.7 Å². The van der Waals surface area contributed by atoms with Gasteiger partial charge in [0.1, 0.15) is 4.83 Å². The third-order valence-corrected chi connectivity index (χ3v) is 4.41. The van der Waals surface area contributed by atoms with Crippen molar-refractivity contribution in [2.75, 3.05) is 0 Å². The molecule has 0 saturated heterocycles. The minimum Gasteiger partial charge on any atom is -0.262 e. The molecular formula is C14H11N5S. The van der Waals surface area contributed by atoms with Crippen molar-refractivity contribution in [3.05, 3.63) is 54.9 Å². The first-order valence-electron chi connectivity index (χ1n) is 6.20. The second-order valence-corrected chi connectivity index (χ2v) is 5.59. The third-order valence-electron chi connectivity index (χ3n) is 3.14. The SMILES string of the molecule is Cc1cnn2cc(-c3cnn(-c4cccnc4)c3)sc12. The zero-order chi connectivity index (χ0) is 13.5. The van der Waals surface area contributed by atoms with E-state index < -0.39 is 0 Å². The standard InChI is InChI=1S/C14H11N5S/c1-10-5-16-19-9-13(20-14(10)19)11-6-17-18(8-11)12-3-2-4-15-7-12/h2-9H,1H3. The average Bonchev–Trinajstić information content (AvgIpc) is 3.17. The summed E-state index contributed by atoms with van der Waals surface area (Å²) in [6.07, 6.45) is 11.4. The van der Waals surface area contributed by atoms with Crippen LogP contribution in [0, 0.1) is 6.92 Å². The van der Waals surface area contributed by atoms with Crippen molar-refractivity contribution in [3.8, 4) is 16.1 Å². The molecule has 0 amide bonds. The molecule has 0 aliphatic rings. The Morgan fingerprint density at radius 1 is 1.10 bits per heavy atom. The Kier molecular flexibility index (Phi) is 2.43. The fraction of sp³-hybridized carbons (Fsp3) is 0.0714. The smallest absolute Gasteiger partial charge is 0.122 e. The van der Waals surface area contributed by atoms with E-state index in [1.807, 2.05) is 46.1 Å². The lowest BCUT2D eigenvalue weighted by Crippen LogP contribution is -1.93. The molecule has 6 heteroatoms. The number of hydrogen-bond acceptors (Lipinski definition) is 4. The van der Waals surface area contributed by atoms with Gasteiger partial charge in [-0.3, -0.25) is 4.98 Å². The first-order valence-corrected chi connectivity index (χ1v) is 7.02. The van der Waals surface area contributed by atoms with Crippen LogP contribution in [0.25, 0.3) is 21.0 Å². The lowest BCUT2D eigenvalue weighted by Gasteiger charge is -1.97. The summed E-state index contributed by atoms with van der Waals surface area (Å²) in [6, 6.07) is 3.88. The monoisotopic (exact) mass is 281 g/mol. The Bertz CT molecular complexity index is 871. The van der Waals surface area contributed by atoms with Gasteiger partial charge in [-0.2, -0.15) is 10.2 Å². The normalized spacial score (nSPS) is 11.2. The van der Waals surface area contributed by atoms with Crippen LogP contribution >= 0.6 is 11.3 Å². The minimum absolute atomic E-state index is 0.955. The zero-order valence-electron chi connectivity index (χ0n) is 10.8. The van der Waals surface area contributed by atoms with Crippen LogP contribution < -0.4 is 0 Å². The summed E-state index contributed by atoms with van der Waals surface area (Å²) in [4.78, 5) is 6.44. The van der Waals surface area contributed by atoms with Gasteiger partial charge in [-0.25, -0.2) is 9.20 Å². The van der Waals surface area contributed by atoms with Crippen LogP contribution in [-0.4, -0.2) is 24.4 Å². The molecule has 0 aliphatic carbocycles. The number of pyridine rings is 1. The topological polar surface area (TPSA) is 48.0 Å². The molecule has 0 aromatic carbocycles. The lowest BCUT2D eigenvalue weighted by atomic mass is 10.3. The minimum atomic E-state index is 0.955. The van der Waals surface area contributed by atoms with E-state index in [-0.39, 0.29) is 0 Å². The average molecular weight is 281 g/mol. The molecule has 98 valence electrons. The van der Waals surface area contributed by atoms with Gasteiger partial charge in [-0.05, 0) is 19.1 Å². The molecule has 20 heavy (non-hydrogen) atoms. The maximum Gasteiger partial charge on any atom is 0.122 e. The number of rotatable bonds is 2. The van der Waals surface area contributed by atoms with Gasteiger partial charge in [0.05, 0.1) is 29.2 Å². The highest BCUT2D eigenvalue weighted by molar-refractivity contribution is 7.20. The number of aromatic nitrogens is 5. The number of hydrogen-bond donors (Lipinski definition) is 0. The summed E-state index contributed by atoms with van der Waals surface area (Å²) in [5, 5.41) is 8.71. The molecule has 4 aromatic heterocycles. The summed E-state index contributed by atoms with van der Waals surface area (Å²) in [5.74, 6) is 0. The van der Waals surface area contributed by atoms with Crippen molar-refractivity contribution in [2.45, 2.75) is 6.92 Å². The summed E-state index contributed by atoms with van der Waals surface area (Å²) in [7, 11) is 0. The molecule has 0 spiro atoms. The van der Waals surface area contributed by atoms with Crippen molar-refractivity contribution >= 4 is 16.2 Å². The molecule has 0 bridgehead atoms.